The van der Waals surface area contributed by atoms with Gasteiger partial charge in [-0.25, -0.2) is 19.6 Å². The third-order valence-electron chi connectivity index (χ3n) is 2.93. The molecular formula is C13H12BrN7O. The Labute approximate surface area is 134 Å². The second kappa shape index (κ2) is 6.06. The number of carbonyl (C=O) groups excluding carboxylic acids is 1. The number of carbonyl (C=O) groups is 1. The fourth-order valence-electron chi connectivity index (χ4n) is 1.96. The number of hydrogen-bond donors (Lipinski definition) is 2. The SMILES string of the molecule is Cn1nc(Br)c2c(NCC(=O)Nc3ccccn3)ncnc21. The molecule has 3 rings (SSSR count). The van der Waals surface area contributed by atoms with Crippen molar-refractivity contribution in [3.8, 4) is 0 Å². The maximum absolute atomic E-state index is 11.9. The summed E-state index contributed by atoms with van der Waals surface area (Å²) in [5.74, 6) is 0.830. The van der Waals surface area contributed by atoms with Crippen molar-refractivity contribution in [1.29, 1.82) is 0 Å². The van der Waals surface area contributed by atoms with E-state index in [0.717, 1.165) is 5.39 Å². The molecule has 0 unspecified atom stereocenters. The van der Waals surface area contributed by atoms with E-state index in [-0.39, 0.29) is 12.5 Å². The zero-order valence-corrected chi connectivity index (χ0v) is 13.2. The number of nitrogens with one attached hydrogen (secondary N) is 2. The Balaban J connectivity index is 1.73. The highest BCUT2D eigenvalue weighted by Gasteiger charge is 2.14. The van der Waals surface area contributed by atoms with Crippen LogP contribution in [0.15, 0.2) is 35.3 Å². The lowest BCUT2D eigenvalue weighted by Crippen LogP contribution is -2.22. The van der Waals surface area contributed by atoms with Gasteiger partial charge in [-0.1, -0.05) is 6.07 Å². The van der Waals surface area contributed by atoms with Gasteiger partial charge in [-0.15, -0.1) is 0 Å². The molecule has 0 aliphatic carbocycles. The lowest BCUT2D eigenvalue weighted by molar-refractivity contribution is -0.114. The number of aryl methyl sites for hydroxylation is 1. The van der Waals surface area contributed by atoms with E-state index in [9.17, 15) is 4.79 Å². The van der Waals surface area contributed by atoms with Gasteiger partial charge in [-0.3, -0.25) is 4.79 Å². The van der Waals surface area contributed by atoms with Crippen LogP contribution in [0.4, 0.5) is 11.6 Å². The summed E-state index contributed by atoms with van der Waals surface area (Å²) in [5, 5.41) is 10.6. The molecule has 3 heterocycles. The predicted octanol–water partition coefficient (Wildman–Crippen LogP) is 1.57. The van der Waals surface area contributed by atoms with Crippen LogP contribution in [0.3, 0.4) is 0 Å². The number of nitrogens with zero attached hydrogens (tertiary/aromatic N) is 5. The molecule has 3 aromatic rings. The van der Waals surface area contributed by atoms with Crippen molar-refractivity contribution in [2.45, 2.75) is 0 Å². The maximum Gasteiger partial charge on any atom is 0.244 e. The average Bonchev–Trinajstić information content (AvgIpc) is 2.82. The molecule has 0 spiro atoms. The number of anilines is 2. The smallest absolute Gasteiger partial charge is 0.244 e. The van der Waals surface area contributed by atoms with Gasteiger partial charge in [0.1, 0.15) is 22.6 Å². The minimum absolute atomic E-state index is 0.0595. The van der Waals surface area contributed by atoms with Gasteiger partial charge in [0.2, 0.25) is 5.91 Å². The van der Waals surface area contributed by atoms with Gasteiger partial charge in [0.05, 0.1) is 11.9 Å². The van der Waals surface area contributed by atoms with Gasteiger partial charge in [0.15, 0.2) is 5.65 Å². The molecule has 0 saturated carbocycles. The Bertz CT molecular complexity index is 818. The third kappa shape index (κ3) is 2.89. The summed E-state index contributed by atoms with van der Waals surface area (Å²) in [6, 6.07) is 5.31. The molecule has 2 N–H and O–H groups in total. The van der Waals surface area contributed by atoms with Crippen LogP contribution in [0.1, 0.15) is 0 Å². The molecule has 3 aromatic heterocycles. The van der Waals surface area contributed by atoms with Gasteiger partial charge >= 0.3 is 0 Å². The zero-order chi connectivity index (χ0) is 15.5. The van der Waals surface area contributed by atoms with Crippen LogP contribution < -0.4 is 10.6 Å². The summed E-state index contributed by atoms with van der Waals surface area (Å²) in [4.78, 5) is 24.3. The molecular weight excluding hydrogens is 350 g/mol. The number of aromatic nitrogens is 5. The van der Waals surface area contributed by atoms with E-state index < -0.39 is 0 Å². The number of pyridine rings is 1. The highest BCUT2D eigenvalue weighted by molar-refractivity contribution is 9.10. The molecule has 8 nitrogen and oxygen atoms in total. The minimum atomic E-state index is -0.217. The molecule has 0 atom stereocenters. The van der Waals surface area contributed by atoms with E-state index in [4.69, 9.17) is 0 Å². The first-order chi connectivity index (χ1) is 10.6. The number of rotatable bonds is 4. The molecule has 1 amide bonds. The van der Waals surface area contributed by atoms with Crippen molar-refractivity contribution >= 4 is 44.5 Å². The summed E-state index contributed by atoms with van der Waals surface area (Å²) in [6.07, 6.45) is 3.04. The van der Waals surface area contributed by atoms with E-state index in [1.165, 1.54) is 6.33 Å². The Morgan fingerprint density at radius 3 is 2.95 bits per heavy atom. The summed E-state index contributed by atoms with van der Waals surface area (Å²) in [6.45, 7) is 0.0595. The Morgan fingerprint density at radius 1 is 1.32 bits per heavy atom. The van der Waals surface area contributed by atoms with Gasteiger partial charge in [0, 0.05) is 13.2 Å². The van der Waals surface area contributed by atoms with Crippen molar-refractivity contribution in [2.75, 3.05) is 17.2 Å². The number of halogens is 1. The molecule has 0 radical (unpaired) electrons. The normalized spacial score (nSPS) is 10.6. The maximum atomic E-state index is 11.9. The lowest BCUT2D eigenvalue weighted by Gasteiger charge is -2.07. The van der Waals surface area contributed by atoms with Crippen molar-refractivity contribution in [3.05, 3.63) is 35.3 Å². The first kappa shape index (κ1) is 14.4. The molecule has 0 fully saturated rings. The van der Waals surface area contributed by atoms with Crippen molar-refractivity contribution in [2.24, 2.45) is 7.05 Å². The van der Waals surface area contributed by atoms with Crippen LogP contribution in [0, 0.1) is 0 Å². The van der Waals surface area contributed by atoms with E-state index in [1.54, 1.807) is 36.1 Å². The van der Waals surface area contributed by atoms with Crippen molar-refractivity contribution in [3.63, 3.8) is 0 Å². The van der Waals surface area contributed by atoms with Crippen LogP contribution >= 0.6 is 15.9 Å². The Kier molecular flexibility index (Phi) is 3.96. The predicted molar refractivity (Wildman–Crippen MR) is 85.4 cm³/mol. The highest BCUT2D eigenvalue weighted by Crippen LogP contribution is 2.26. The monoisotopic (exact) mass is 361 g/mol. The summed E-state index contributed by atoms with van der Waals surface area (Å²) in [7, 11) is 1.79. The molecule has 0 saturated heterocycles. The van der Waals surface area contributed by atoms with Crippen LogP contribution in [0.5, 0.6) is 0 Å². The first-order valence-corrected chi connectivity index (χ1v) is 7.22. The Morgan fingerprint density at radius 2 is 2.18 bits per heavy atom. The third-order valence-corrected chi connectivity index (χ3v) is 3.48. The molecule has 112 valence electrons. The summed E-state index contributed by atoms with van der Waals surface area (Å²) < 4.78 is 2.26. The lowest BCUT2D eigenvalue weighted by atomic mass is 10.4. The molecule has 0 aromatic carbocycles. The van der Waals surface area contributed by atoms with Crippen molar-refractivity contribution < 1.29 is 4.79 Å². The highest BCUT2D eigenvalue weighted by atomic mass is 79.9. The van der Waals surface area contributed by atoms with Gasteiger partial charge in [-0.05, 0) is 28.1 Å². The zero-order valence-electron chi connectivity index (χ0n) is 11.6. The molecule has 0 aliphatic rings. The van der Waals surface area contributed by atoms with E-state index >= 15 is 0 Å². The van der Waals surface area contributed by atoms with Crippen molar-refractivity contribution in [1.82, 2.24) is 24.7 Å². The van der Waals surface area contributed by atoms with E-state index in [2.05, 4.69) is 46.6 Å². The summed E-state index contributed by atoms with van der Waals surface area (Å²) in [5.41, 5.74) is 0.675. The van der Waals surface area contributed by atoms with Crippen LogP contribution in [-0.2, 0) is 11.8 Å². The molecule has 0 aliphatic heterocycles. The minimum Gasteiger partial charge on any atom is -0.360 e. The fourth-order valence-corrected chi connectivity index (χ4v) is 2.57. The number of fused-ring (bicyclic) bond motifs is 1. The van der Waals surface area contributed by atoms with Gasteiger partial charge in [0.25, 0.3) is 0 Å². The number of amides is 1. The molecule has 22 heavy (non-hydrogen) atoms. The number of hydrogen-bond acceptors (Lipinski definition) is 6. The topological polar surface area (TPSA) is 97.6 Å². The van der Waals surface area contributed by atoms with Gasteiger partial charge in [-0.2, -0.15) is 5.10 Å². The second-order valence-electron chi connectivity index (χ2n) is 4.45. The van der Waals surface area contributed by atoms with Crippen LogP contribution in [0.25, 0.3) is 11.0 Å². The van der Waals surface area contributed by atoms with Crippen LogP contribution in [-0.4, -0.2) is 37.2 Å². The largest absolute Gasteiger partial charge is 0.360 e. The molecule has 9 heteroatoms. The standard InChI is InChI=1S/C13H12BrN7O/c1-21-13-10(11(14)20-21)12(17-7-18-13)16-6-9(22)19-8-4-2-3-5-15-8/h2-5,7H,6H2,1H3,(H,15,19,22)(H,16,17,18). The quantitative estimate of drug-likeness (QED) is 0.731. The first-order valence-electron chi connectivity index (χ1n) is 6.43. The van der Waals surface area contributed by atoms with Gasteiger partial charge < -0.3 is 10.6 Å². The Hall–Kier alpha value is -2.55. The van der Waals surface area contributed by atoms with E-state index in [0.29, 0.717) is 21.9 Å². The molecule has 0 bridgehead atoms. The fraction of sp³-hybridized carbons (Fsp3) is 0.154. The van der Waals surface area contributed by atoms with Crippen LogP contribution in [0.2, 0.25) is 0 Å². The summed E-state index contributed by atoms with van der Waals surface area (Å²) >= 11 is 3.37. The average molecular weight is 362 g/mol. The second-order valence-corrected chi connectivity index (χ2v) is 5.20. The van der Waals surface area contributed by atoms with E-state index in [1.807, 2.05) is 0 Å².